The third-order valence-electron chi connectivity index (χ3n) is 8.68. The lowest BCUT2D eigenvalue weighted by Gasteiger charge is -2.41. The van der Waals surface area contributed by atoms with Crippen molar-refractivity contribution in [2.75, 3.05) is 26.7 Å². The number of likely N-dealkylation sites (tertiary alicyclic amines) is 1. The van der Waals surface area contributed by atoms with Gasteiger partial charge in [0.1, 0.15) is 6.04 Å². The van der Waals surface area contributed by atoms with Crippen LogP contribution >= 0.6 is 0 Å². The summed E-state index contributed by atoms with van der Waals surface area (Å²) in [6, 6.07) is 10.0. The van der Waals surface area contributed by atoms with Crippen molar-refractivity contribution in [2.24, 2.45) is 0 Å². The average Bonchev–Trinajstić information content (AvgIpc) is 3.24. The van der Waals surface area contributed by atoms with Crippen LogP contribution in [0.1, 0.15) is 56.9 Å². The van der Waals surface area contributed by atoms with Gasteiger partial charge in [-0.05, 0) is 44.7 Å². The quantitative estimate of drug-likeness (QED) is 0.729. The van der Waals surface area contributed by atoms with Gasteiger partial charge in [0.05, 0.1) is 12.0 Å². The van der Waals surface area contributed by atoms with E-state index in [1.54, 1.807) is 4.90 Å². The summed E-state index contributed by atoms with van der Waals surface area (Å²) in [4.78, 5) is 32.9. The molecule has 4 aliphatic rings. The number of hydrogen-bond acceptors (Lipinski definition) is 4. The van der Waals surface area contributed by atoms with E-state index >= 15 is 0 Å². The number of hydrogen-bond donors (Lipinski definition) is 1. The van der Waals surface area contributed by atoms with Gasteiger partial charge in [0, 0.05) is 51.1 Å². The van der Waals surface area contributed by atoms with Crippen molar-refractivity contribution < 1.29 is 18.4 Å². The number of nitrogens with one attached hydrogen (secondary N) is 1. The normalized spacial score (nSPS) is 29.8. The van der Waals surface area contributed by atoms with Crippen LogP contribution in [0.3, 0.4) is 0 Å². The van der Waals surface area contributed by atoms with E-state index in [1.165, 1.54) is 5.56 Å². The summed E-state index contributed by atoms with van der Waals surface area (Å²) in [5.41, 5.74) is 0.819. The van der Waals surface area contributed by atoms with Crippen LogP contribution in [0.5, 0.6) is 0 Å². The number of amides is 2. The molecule has 3 saturated heterocycles. The first-order valence-electron chi connectivity index (χ1n) is 12.7. The molecule has 0 radical (unpaired) electrons. The maximum Gasteiger partial charge on any atom is 0.248 e. The molecule has 3 aliphatic heterocycles. The van der Waals surface area contributed by atoms with E-state index in [-0.39, 0.29) is 36.7 Å². The zero-order valence-electron chi connectivity index (χ0n) is 20.0. The number of halogens is 2. The number of carbonyl (C=O) groups is 2. The van der Waals surface area contributed by atoms with Gasteiger partial charge in [-0.1, -0.05) is 30.3 Å². The molecule has 0 unspecified atom stereocenters. The molecule has 1 spiro atoms. The Morgan fingerprint density at radius 2 is 1.71 bits per heavy atom. The second kappa shape index (κ2) is 9.19. The molecule has 186 valence electrons. The summed E-state index contributed by atoms with van der Waals surface area (Å²) in [6.07, 6.45) is 3.25. The fraction of sp³-hybridized carbons (Fsp3) is 0.692. The Hall–Kier alpha value is -2.06. The van der Waals surface area contributed by atoms with Crippen molar-refractivity contribution >= 4 is 11.8 Å². The highest BCUT2D eigenvalue weighted by Crippen LogP contribution is 2.38. The molecule has 4 fully saturated rings. The molecule has 1 saturated carbocycles. The molecule has 0 bridgehead atoms. The second-order valence-electron chi connectivity index (χ2n) is 10.9. The predicted octanol–water partition coefficient (Wildman–Crippen LogP) is 3.02. The van der Waals surface area contributed by atoms with Gasteiger partial charge in [-0.2, -0.15) is 0 Å². The summed E-state index contributed by atoms with van der Waals surface area (Å²) >= 11 is 0. The van der Waals surface area contributed by atoms with Gasteiger partial charge >= 0.3 is 0 Å². The maximum atomic E-state index is 13.6. The third kappa shape index (κ3) is 4.85. The zero-order valence-corrected chi connectivity index (χ0v) is 20.0. The number of benzene rings is 1. The smallest absolute Gasteiger partial charge is 0.248 e. The first kappa shape index (κ1) is 23.7. The summed E-state index contributed by atoms with van der Waals surface area (Å²) in [5.74, 6) is -2.55. The Bertz CT molecular complexity index is 865. The highest BCUT2D eigenvalue weighted by Gasteiger charge is 2.50. The summed E-state index contributed by atoms with van der Waals surface area (Å²) in [5, 5.41) is 3.28. The van der Waals surface area contributed by atoms with Crippen molar-refractivity contribution in [1.82, 2.24) is 20.0 Å². The Labute approximate surface area is 200 Å². The predicted molar refractivity (Wildman–Crippen MR) is 125 cm³/mol. The summed E-state index contributed by atoms with van der Waals surface area (Å²) in [7, 11) is 1.97. The molecule has 5 rings (SSSR count). The first-order chi connectivity index (χ1) is 16.2. The van der Waals surface area contributed by atoms with Gasteiger partial charge in [0.25, 0.3) is 0 Å². The van der Waals surface area contributed by atoms with Crippen LogP contribution in [0.2, 0.25) is 0 Å². The fourth-order valence-corrected chi connectivity index (χ4v) is 6.43. The minimum absolute atomic E-state index is 0.0400. The molecule has 8 heteroatoms. The molecule has 1 aromatic carbocycles. The van der Waals surface area contributed by atoms with Crippen molar-refractivity contribution in [3.8, 4) is 0 Å². The molecule has 0 aromatic heterocycles. The average molecular weight is 475 g/mol. The van der Waals surface area contributed by atoms with Crippen LogP contribution in [0.4, 0.5) is 8.78 Å². The monoisotopic (exact) mass is 474 g/mol. The number of fused-ring (bicyclic) bond motifs is 1. The lowest BCUT2D eigenvalue weighted by molar-refractivity contribution is -0.135. The minimum Gasteiger partial charge on any atom is -0.348 e. The van der Waals surface area contributed by atoms with Gasteiger partial charge < -0.3 is 10.2 Å². The number of alkyl halides is 2. The maximum absolute atomic E-state index is 13.6. The van der Waals surface area contributed by atoms with Crippen molar-refractivity contribution in [3.05, 3.63) is 35.9 Å². The van der Waals surface area contributed by atoms with Gasteiger partial charge in [-0.15, -0.1) is 0 Å². The Morgan fingerprint density at radius 3 is 2.38 bits per heavy atom. The summed E-state index contributed by atoms with van der Waals surface area (Å²) in [6.45, 7) is 3.10. The number of rotatable bonds is 4. The number of carbonyl (C=O) groups excluding carboxylic acids is 2. The number of piperidine rings is 1. The molecule has 6 nitrogen and oxygen atoms in total. The Balaban J connectivity index is 1.19. The van der Waals surface area contributed by atoms with E-state index in [0.29, 0.717) is 32.2 Å². The van der Waals surface area contributed by atoms with Crippen molar-refractivity contribution in [1.29, 1.82) is 0 Å². The summed E-state index contributed by atoms with van der Waals surface area (Å²) < 4.78 is 27.2. The van der Waals surface area contributed by atoms with Gasteiger partial charge in [-0.25, -0.2) is 8.78 Å². The van der Waals surface area contributed by atoms with E-state index in [1.807, 2.05) is 25.2 Å². The first-order valence-corrected chi connectivity index (χ1v) is 12.7. The SMILES string of the molecule is CN(C1CCC(F)(F)CC1)[C@H]1C[C@H]2C(=O)NC3(CCN(Cc4ccccc4)CC3)CC(=O)N2C1. The topological polar surface area (TPSA) is 55.9 Å². The van der Waals surface area contributed by atoms with Crippen LogP contribution in [0.15, 0.2) is 30.3 Å². The van der Waals surface area contributed by atoms with Gasteiger partial charge in [0.15, 0.2) is 0 Å². The van der Waals surface area contributed by atoms with Crippen LogP contribution < -0.4 is 5.32 Å². The van der Waals surface area contributed by atoms with E-state index in [2.05, 4.69) is 27.2 Å². The fourth-order valence-electron chi connectivity index (χ4n) is 6.43. The lowest BCUT2D eigenvalue weighted by atomic mass is 9.83. The molecule has 1 aliphatic carbocycles. The molecular formula is C26H36F2N4O2. The van der Waals surface area contributed by atoms with E-state index in [4.69, 9.17) is 0 Å². The van der Waals surface area contributed by atoms with E-state index in [0.717, 1.165) is 32.5 Å². The Kier molecular flexibility index (Phi) is 6.40. The van der Waals surface area contributed by atoms with Gasteiger partial charge in [-0.3, -0.25) is 19.4 Å². The highest BCUT2D eigenvalue weighted by atomic mass is 19.3. The molecule has 3 heterocycles. The largest absolute Gasteiger partial charge is 0.348 e. The van der Waals surface area contributed by atoms with Crippen molar-refractivity contribution in [3.63, 3.8) is 0 Å². The van der Waals surface area contributed by atoms with E-state index < -0.39 is 17.5 Å². The number of nitrogens with zero attached hydrogens (tertiary/aromatic N) is 3. The standard InChI is InChI=1S/C26H36F2N4O2/c1-30(20-7-9-26(27,28)10-8-20)21-15-22-24(34)29-25(16-23(33)32(22)18-21)11-13-31(14-12-25)17-19-5-3-2-4-6-19/h2-6,20-22H,7-18H2,1H3,(H,29,34)/t21-,22-/m0/s1. The number of likely N-dealkylation sites (N-methyl/N-ethyl adjacent to an activating group) is 1. The minimum atomic E-state index is -2.55. The zero-order chi connectivity index (χ0) is 23.9. The van der Waals surface area contributed by atoms with Crippen LogP contribution in [0, 0.1) is 0 Å². The lowest BCUT2D eigenvalue weighted by Crippen LogP contribution is -2.56. The molecule has 2 amide bonds. The molecular weight excluding hydrogens is 438 g/mol. The Morgan fingerprint density at radius 1 is 1.03 bits per heavy atom. The van der Waals surface area contributed by atoms with Crippen molar-refractivity contribution in [2.45, 2.75) is 87.5 Å². The second-order valence-corrected chi connectivity index (χ2v) is 10.9. The molecule has 34 heavy (non-hydrogen) atoms. The van der Waals surface area contributed by atoms with Gasteiger partial charge in [0.2, 0.25) is 17.7 Å². The van der Waals surface area contributed by atoms with Crippen LogP contribution in [-0.4, -0.2) is 82.8 Å². The molecule has 2 atom stereocenters. The highest BCUT2D eigenvalue weighted by molar-refractivity contribution is 5.92. The van der Waals surface area contributed by atoms with E-state index in [9.17, 15) is 18.4 Å². The molecule has 1 N–H and O–H groups in total. The third-order valence-corrected chi connectivity index (χ3v) is 8.68. The van der Waals surface area contributed by atoms with Crippen LogP contribution in [0.25, 0.3) is 0 Å². The van der Waals surface area contributed by atoms with Crippen LogP contribution in [-0.2, 0) is 16.1 Å². The molecule has 1 aromatic rings.